The van der Waals surface area contributed by atoms with E-state index in [-0.39, 0.29) is 12.2 Å². The van der Waals surface area contributed by atoms with Crippen molar-refractivity contribution in [1.82, 2.24) is 4.57 Å². The number of carbonyl (C=O) groups excluding carboxylic acids is 1. The molecule has 7 heteroatoms. The number of hydrogen-bond donors (Lipinski definition) is 0. The number of benzene rings is 4. The predicted octanol–water partition coefficient (Wildman–Crippen LogP) is 5.76. The number of rotatable bonds is 4. The third-order valence-corrected chi connectivity index (χ3v) is 8.13. The number of hydrogen-bond acceptors (Lipinski definition) is 5. The van der Waals surface area contributed by atoms with Crippen LogP contribution in [-0.2, 0) is 9.53 Å². The Labute approximate surface area is 227 Å². The molecule has 5 aromatic rings. The standard InChI is InChI=1S/C31H23ClN2O3S/c1-3-37-30(36)27-18(2)33-31-34(28(27)23-14-8-9-15-25(23)32)29(35)26(38-31)17-24-21-12-6-4-10-19(21)16-20-11-5-7-13-22(20)24/h4-17,28H,3H2,1-2H3/b26-17-. The Balaban J connectivity index is 1.66. The molecular weight excluding hydrogens is 516 g/mol. The topological polar surface area (TPSA) is 60.7 Å². The highest BCUT2D eigenvalue weighted by Gasteiger charge is 2.34. The second-order valence-corrected chi connectivity index (χ2v) is 10.5. The Hall–Kier alpha value is -4.00. The smallest absolute Gasteiger partial charge is 0.338 e. The van der Waals surface area contributed by atoms with E-state index < -0.39 is 12.0 Å². The lowest BCUT2D eigenvalue weighted by molar-refractivity contribution is -0.139. The van der Waals surface area contributed by atoms with Crippen LogP contribution < -0.4 is 14.9 Å². The van der Waals surface area contributed by atoms with E-state index in [4.69, 9.17) is 16.3 Å². The van der Waals surface area contributed by atoms with Crippen molar-refractivity contribution in [3.63, 3.8) is 0 Å². The molecule has 6 rings (SSSR count). The first-order valence-corrected chi connectivity index (χ1v) is 13.5. The van der Waals surface area contributed by atoms with Gasteiger partial charge in [0.05, 0.1) is 22.4 Å². The van der Waals surface area contributed by atoms with E-state index in [1.165, 1.54) is 11.3 Å². The predicted molar refractivity (Wildman–Crippen MR) is 153 cm³/mol. The number of fused-ring (bicyclic) bond motifs is 3. The Bertz CT molecular complexity index is 1920. The lowest BCUT2D eigenvalue weighted by Crippen LogP contribution is -2.40. The number of ether oxygens (including phenoxy) is 1. The molecule has 0 saturated carbocycles. The average Bonchev–Trinajstić information content (AvgIpc) is 3.22. The van der Waals surface area contributed by atoms with Gasteiger partial charge in [-0.05, 0) is 64.7 Å². The van der Waals surface area contributed by atoms with E-state index in [1.54, 1.807) is 24.5 Å². The summed E-state index contributed by atoms with van der Waals surface area (Å²) in [5.41, 5.74) is 2.21. The maximum absolute atomic E-state index is 14.1. The van der Waals surface area contributed by atoms with Gasteiger partial charge in [0.1, 0.15) is 6.04 Å². The SMILES string of the molecule is CCOC(=O)C1=C(C)N=c2s/c(=C\c3c4ccccc4cc4ccccc34)c(=O)n2C1c1ccccc1Cl. The normalized spacial score (nSPS) is 15.6. The first-order chi connectivity index (χ1) is 18.5. The minimum atomic E-state index is -0.745. The fraction of sp³-hybridized carbons (Fsp3) is 0.129. The summed E-state index contributed by atoms with van der Waals surface area (Å²) in [7, 11) is 0. The van der Waals surface area contributed by atoms with Crippen molar-refractivity contribution in [3.05, 3.63) is 126 Å². The van der Waals surface area contributed by atoms with Crippen molar-refractivity contribution in [3.8, 4) is 0 Å². The second kappa shape index (κ2) is 9.71. The van der Waals surface area contributed by atoms with Crippen molar-refractivity contribution in [2.45, 2.75) is 19.9 Å². The van der Waals surface area contributed by atoms with Crippen LogP contribution in [0.25, 0.3) is 27.6 Å². The summed E-state index contributed by atoms with van der Waals surface area (Å²) in [5.74, 6) is -0.506. The van der Waals surface area contributed by atoms with Gasteiger partial charge in [-0.25, -0.2) is 9.79 Å². The van der Waals surface area contributed by atoms with E-state index >= 15 is 0 Å². The summed E-state index contributed by atoms with van der Waals surface area (Å²) in [6, 6.07) is 25.0. The van der Waals surface area contributed by atoms with Gasteiger partial charge in [0, 0.05) is 5.02 Å². The molecule has 5 nitrogen and oxygen atoms in total. The van der Waals surface area contributed by atoms with Crippen LogP contribution in [0.4, 0.5) is 0 Å². The second-order valence-electron chi connectivity index (χ2n) is 9.06. The largest absolute Gasteiger partial charge is 0.463 e. The van der Waals surface area contributed by atoms with Crippen LogP contribution in [0.2, 0.25) is 5.02 Å². The summed E-state index contributed by atoms with van der Waals surface area (Å²) in [4.78, 5) is 32.4. The van der Waals surface area contributed by atoms with E-state index in [2.05, 4.69) is 35.3 Å². The average molecular weight is 539 g/mol. The number of esters is 1. The minimum absolute atomic E-state index is 0.212. The zero-order chi connectivity index (χ0) is 26.4. The Morgan fingerprint density at radius 2 is 1.66 bits per heavy atom. The third-order valence-electron chi connectivity index (χ3n) is 6.81. The van der Waals surface area contributed by atoms with Crippen molar-refractivity contribution in [1.29, 1.82) is 0 Å². The molecule has 0 fully saturated rings. The van der Waals surface area contributed by atoms with Gasteiger partial charge < -0.3 is 4.74 Å². The highest BCUT2D eigenvalue weighted by molar-refractivity contribution is 7.07. The molecule has 0 N–H and O–H groups in total. The van der Waals surface area contributed by atoms with E-state index in [1.807, 2.05) is 48.5 Å². The van der Waals surface area contributed by atoms with Crippen molar-refractivity contribution in [2.75, 3.05) is 6.61 Å². The van der Waals surface area contributed by atoms with Crippen LogP contribution in [0.3, 0.4) is 0 Å². The minimum Gasteiger partial charge on any atom is -0.463 e. The maximum atomic E-state index is 14.1. The highest BCUT2D eigenvalue weighted by Crippen LogP contribution is 2.34. The highest BCUT2D eigenvalue weighted by atomic mass is 35.5. The number of halogens is 1. The molecule has 0 saturated heterocycles. The molecule has 188 valence electrons. The summed E-state index contributed by atoms with van der Waals surface area (Å²) >= 11 is 7.92. The number of nitrogens with zero attached hydrogens (tertiary/aromatic N) is 2. The fourth-order valence-corrected chi connectivity index (χ4v) is 6.39. The van der Waals surface area contributed by atoms with E-state index in [0.29, 0.717) is 31.2 Å². The summed E-state index contributed by atoms with van der Waals surface area (Å²) in [6.45, 7) is 3.73. The van der Waals surface area contributed by atoms with Gasteiger partial charge in [-0.2, -0.15) is 0 Å². The monoisotopic (exact) mass is 538 g/mol. The van der Waals surface area contributed by atoms with Crippen molar-refractivity contribution in [2.24, 2.45) is 4.99 Å². The molecule has 1 aliphatic rings. The third kappa shape index (κ3) is 3.97. The molecule has 0 amide bonds. The number of allylic oxidation sites excluding steroid dienone is 1. The van der Waals surface area contributed by atoms with Crippen molar-refractivity contribution < 1.29 is 9.53 Å². The van der Waals surface area contributed by atoms with Gasteiger partial charge in [0.25, 0.3) is 5.56 Å². The molecule has 1 atom stereocenters. The van der Waals surface area contributed by atoms with Crippen LogP contribution in [-0.4, -0.2) is 17.1 Å². The number of aromatic nitrogens is 1. The fourth-order valence-electron chi connectivity index (χ4n) is 5.12. The summed E-state index contributed by atoms with van der Waals surface area (Å²) < 4.78 is 7.48. The molecule has 1 unspecified atom stereocenters. The Morgan fingerprint density at radius 1 is 1.03 bits per heavy atom. The molecule has 1 aromatic heterocycles. The summed E-state index contributed by atoms with van der Waals surface area (Å²) in [5, 5.41) is 4.77. The molecular formula is C31H23ClN2O3S. The van der Waals surface area contributed by atoms with Gasteiger partial charge in [-0.15, -0.1) is 0 Å². The van der Waals surface area contributed by atoms with Gasteiger partial charge >= 0.3 is 5.97 Å². The summed E-state index contributed by atoms with van der Waals surface area (Å²) in [6.07, 6.45) is 1.95. The van der Waals surface area contributed by atoms with Gasteiger partial charge in [0.15, 0.2) is 4.80 Å². The first-order valence-electron chi connectivity index (χ1n) is 12.3. The molecule has 0 bridgehead atoms. The lowest BCUT2D eigenvalue weighted by Gasteiger charge is -2.25. The Kier molecular flexibility index (Phi) is 6.22. The molecule has 0 aliphatic carbocycles. The number of carbonyl (C=O) groups is 1. The van der Waals surface area contributed by atoms with Crippen LogP contribution in [0.1, 0.15) is 31.0 Å². The molecule has 1 aliphatic heterocycles. The van der Waals surface area contributed by atoms with Gasteiger partial charge in [-0.1, -0.05) is 89.7 Å². The molecule has 0 spiro atoms. The van der Waals surface area contributed by atoms with E-state index in [0.717, 1.165) is 27.1 Å². The zero-order valence-corrected chi connectivity index (χ0v) is 22.3. The maximum Gasteiger partial charge on any atom is 0.338 e. The molecule has 0 radical (unpaired) electrons. The van der Waals surface area contributed by atoms with Gasteiger partial charge in [0.2, 0.25) is 0 Å². The van der Waals surface area contributed by atoms with Crippen LogP contribution in [0.5, 0.6) is 0 Å². The lowest BCUT2D eigenvalue weighted by atomic mass is 9.95. The quantitative estimate of drug-likeness (QED) is 0.216. The Morgan fingerprint density at radius 3 is 2.32 bits per heavy atom. The zero-order valence-electron chi connectivity index (χ0n) is 20.8. The first kappa shape index (κ1) is 24.3. The number of thiazole rings is 1. The van der Waals surface area contributed by atoms with Crippen LogP contribution in [0, 0.1) is 0 Å². The molecule has 2 heterocycles. The van der Waals surface area contributed by atoms with Crippen LogP contribution in [0.15, 0.2) is 99.9 Å². The van der Waals surface area contributed by atoms with Crippen molar-refractivity contribution >= 4 is 56.5 Å². The molecule has 38 heavy (non-hydrogen) atoms. The van der Waals surface area contributed by atoms with Gasteiger partial charge in [-0.3, -0.25) is 9.36 Å². The van der Waals surface area contributed by atoms with Crippen LogP contribution >= 0.6 is 22.9 Å². The van der Waals surface area contributed by atoms with E-state index in [9.17, 15) is 9.59 Å². The molecule has 4 aromatic carbocycles.